The lowest BCUT2D eigenvalue weighted by Gasteiger charge is -2.33. The van der Waals surface area contributed by atoms with Crippen molar-refractivity contribution in [3.8, 4) is 0 Å². The molecule has 6 heteroatoms. The van der Waals surface area contributed by atoms with Crippen LogP contribution in [0.3, 0.4) is 0 Å². The van der Waals surface area contributed by atoms with Gasteiger partial charge in [0.15, 0.2) is 9.03 Å². The first-order valence-electron chi connectivity index (χ1n) is 3.24. The summed E-state index contributed by atoms with van der Waals surface area (Å²) in [5, 5.41) is 9.03. The van der Waals surface area contributed by atoms with Crippen LogP contribution >= 0.6 is 18.5 Å². The zero-order chi connectivity index (χ0) is 8.16. The van der Waals surface area contributed by atoms with Crippen LogP contribution in [-0.4, -0.2) is 31.5 Å². The number of hydrogen-bond donors (Lipinski definition) is 1. The quantitative estimate of drug-likeness (QED) is 0.663. The summed E-state index contributed by atoms with van der Waals surface area (Å²) in [6, 6.07) is 0. The Morgan fingerprint density at radius 3 is 2.64 bits per heavy atom. The van der Waals surface area contributed by atoms with Crippen molar-refractivity contribution in [2.45, 2.75) is 0 Å². The van der Waals surface area contributed by atoms with Gasteiger partial charge in [-0.1, -0.05) is 0 Å². The molecule has 1 fully saturated rings. The number of aliphatic hydroxyl groups excluding tert-OH is 1. The second-order valence-electron chi connectivity index (χ2n) is 2.63. The Hall–Kier alpha value is 0.700. The van der Waals surface area contributed by atoms with E-state index in [0.717, 1.165) is 0 Å². The van der Waals surface area contributed by atoms with Crippen LogP contribution in [0.4, 0.5) is 0 Å². The highest BCUT2D eigenvalue weighted by Gasteiger charge is 2.33. The topological polar surface area (TPSA) is 47.9 Å². The number of hydrogen-bond acceptors (Lipinski definition) is 4. The summed E-state index contributed by atoms with van der Waals surface area (Å²) in [5.41, 5.74) is -0.354. The maximum absolute atomic E-state index is 9.03. The Kier molecular flexibility index (Phi) is 4.14. The van der Waals surface area contributed by atoms with Gasteiger partial charge in [0.05, 0.1) is 31.8 Å². The molecule has 1 aliphatic rings. The third kappa shape index (κ3) is 2.59. The van der Waals surface area contributed by atoms with Crippen molar-refractivity contribution in [1.82, 2.24) is 0 Å². The Morgan fingerprint density at radius 1 is 1.55 bits per heavy atom. The van der Waals surface area contributed by atoms with E-state index in [1.165, 1.54) is 0 Å². The SMILES string of the molecule is OCC1(COP)COPOC1. The van der Waals surface area contributed by atoms with E-state index < -0.39 is 0 Å². The lowest BCUT2D eigenvalue weighted by Crippen LogP contribution is -2.40. The van der Waals surface area contributed by atoms with Crippen molar-refractivity contribution >= 4 is 18.5 Å². The highest BCUT2D eigenvalue weighted by molar-refractivity contribution is 7.26. The molecule has 1 unspecified atom stereocenters. The van der Waals surface area contributed by atoms with Gasteiger partial charge in [-0.3, -0.25) is 0 Å². The van der Waals surface area contributed by atoms with E-state index >= 15 is 0 Å². The Labute approximate surface area is 69.8 Å². The van der Waals surface area contributed by atoms with Gasteiger partial charge in [-0.25, -0.2) is 0 Å². The molecule has 0 aliphatic carbocycles. The normalized spacial score (nSPS) is 34.4. The van der Waals surface area contributed by atoms with Crippen LogP contribution < -0.4 is 0 Å². The molecule has 0 spiro atoms. The summed E-state index contributed by atoms with van der Waals surface area (Å²) in [5.74, 6) is 0. The summed E-state index contributed by atoms with van der Waals surface area (Å²) in [4.78, 5) is 0. The van der Waals surface area contributed by atoms with Gasteiger partial charge in [0.25, 0.3) is 0 Å². The van der Waals surface area contributed by atoms with Gasteiger partial charge in [0, 0.05) is 9.47 Å². The average Bonchev–Trinajstić information content (AvgIpc) is 2.07. The summed E-state index contributed by atoms with van der Waals surface area (Å²) < 4.78 is 15.0. The van der Waals surface area contributed by atoms with Crippen molar-refractivity contribution in [3.05, 3.63) is 0 Å². The zero-order valence-electron chi connectivity index (χ0n) is 6.08. The summed E-state index contributed by atoms with van der Waals surface area (Å²) in [6.45, 7) is 1.50. The largest absolute Gasteiger partial charge is 0.396 e. The van der Waals surface area contributed by atoms with Gasteiger partial charge in [0.1, 0.15) is 0 Å². The molecule has 66 valence electrons. The molecule has 0 saturated carbocycles. The fourth-order valence-electron chi connectivity index (χ4n) is 0.845. The lowest BCUT2D eigenvalue weighted by molar-refractivity contribution is -0.0284. The van der Waals surface area contributed by atoms with E-state index in [-0.39, 0.29) is 21.1 Å². The molecular weight excluding hydrogens is 186 g/mol. The molecule has 11 heavy (non-hydrogen) atoms. The van der Waals surface area contributed by atoms with E-state index in [1.807, 2.05) is 0 Å². The molecule has 0 amide bonds. The van der Waals surface area contributed by atoms with Crippen molar-refractivity contribution in [3.63, 3.8) is 0 Å². The molecule has 0 bridgehead atoms. The van der Waals surface area contributed by atoms with E-state index in [2.05, 4.69) is 9.47 Å². The predicted octanol–water partition coefficient (Wildman–Crippen LogP) is 0.327. The standard InChI is InChI=1S/C5H12O4P2/c6-1-5(2-7-10)3-8-11-9-4-5/h6,11H,1-4,10H2. The molecule has 1 rings (SSSR count). The van der Waals surface area contributed by atoms with Crippen LogP contribution in [-0.2, 0) is 13.6 Å². The predicted molar refractivity (Wildman–Crippen MR) is 45.4 cm³/mol. The van der Waals surface area contributed by atoms with Crippen LogP contribution in [0.2, 0.25) is 0 Å². The minimum atomic E-state index is -0.354. The smallest absolute Gasteiger partial charge is 0.155 e. The molecule has 1 heterocycles. The Bertz CT molecular complexity index is 110. The van der Waals surface area contributed by atoms with Gasteiger partial charge in [-0.15, -0.1) is 0 Å². The third-order valence-corrected chi connectivity index (χ3v) is 2.29. The van der Waals surface area contributed by atoms with Crippen LogP contribution in [0.25, 0.3) is 0 Å². The molecular formula is C5H12O4P2. The Balaban J connectivity index is 2.42. The summed E-state index contributed by atoms with van der Waals surface area (Å²) in [6.07, 6.45) is 0. The van der Waals surface area contributed by atoms with Crippen LogP contribution in [0.5, 0.6) is 0 Å². The van der Waals surface area contributed by atoms with Crippen molar-refractivity contribution in [2.24, 2.45) is 5.41 Å². The lowest BCUT2D eigenvalue weighted by atomic mass is 9.93. The Morgan fingerprint density at radius 2 is 2.18 bits per heavy atom. The highest BCUT2D eigenvalue weighted by Crippen LogP contribution is 2.32. The maximum Gasteiger partial charge on any atom is 0.155 e. The first-order valence-corrected chi connectivity index (χ1v) is 4.53. The van der Waals surface area contributed by atoms with Crippen LogP contribution in [0, 0.1) is 5.41 Å². The van der Waals surface area contributed by atoms with Crippen LogP contribution in [0.1, 0.15) is 0 Å². The molecule has 1 aliphatic heterocycles. The van der Waals surface area contributed by atoms with E-state index in [1.54, 1.807) is 0 Å². The maximum atomic E-state index is 9.03. The van der Waals surface area contributed by atoms with E-state index in [4.69, 9.17) is 18.7 Å². The number of rotatable bonds is 3. The fourth-order valence-corrected chi connectivity index (χ4v) is 2.01. The zero-order valence-corrected chi connectivity index (χ0v) is 8.23. The minimum absolute atomic E-state index is 0.0336. The first kappa shape index (κ1) is 9.79. The van der Waals surface area contributed by atoms with Gasteiger partial charge < -0.3 is 18.7 Å². The molecule has 1 atom stereocenters. The first-order chi connectivity index (χ1) is 5.33. The fraction of sp³-hybridized carbons (Fsp3) is 1.00. The van der Waals surface area contributed by atoms with Crippen molar-refractivity contribution in [1.29, 1.82) is 0 Å². The molecule has 0 radical (unpaired) electrons. The molecule has 4 nitrogen and oxygen atoms in total. The van der Waals surface area contributed by atoms with Crippen molar-refractivity contribution < 1.29 is 18.7 Å². The van der Waals surface area contributed by atoms with Crippen LogP contribution in [0.15, 0.2) is 0 Å². The summed E-state index contributed by atoms with van der Waals surface area (Å²) >= 11 is 0. The van der Waals surface area contributed by atoms with Gasteiger partial charge in [-0.2, -0.15) is 0 Å². The average molecular weight is 198 g/mol. The number of aliphatic hydroxyl groups is 1. The second kappa shape index (κ2) is 4.66. The van der Waals surface area contributed by atoms with Crippen molar-refractivity contribution in [2.75, 3.05) is 26.4 Å². The highest BCUT2D eigenvalue weighted by atomic mass is 31.1. The second-order valence-corrected chi connectivity index (χ2v) is 3.71. The minimum Gasteiger partial charge on any atom is -0.396 e. The monoisotopic (exact) mass is 198 g/mol. The van der Waals surface area contributed by atoms with Gasteiger partial charge >= 0.3 is 0 Å². The van der Waals surface area contributed by atoms with Gasteiger partial charge in [-0.05, 0) is 0 Å². The van der Waals surface area contributed by atoms with E-state index in [0.29, 0.717) is 19.8 Å². The molecule has 0 aromatic carbocycles. The molecule has 1 N–H and O–H groups in total. The molecule has 0 aromatic rings. The summed E-state index contributed by atoms with van der Waals surface area (Å²) in [7, 11) is 2.26. The molecule has 1 saturated heterocycles. The third-order valence-electron chi connectivity index (χ3n) is 1.60. The molecule has 0 aromatic heterocycles. The van der Waals surface area contributed by atoms with E-state index in [9.17, 15) is 0 Å². The van der Waals surface area contributed by atoms with Gasteiger partial charge in [0.2, 0.25) is 0 Å².